The molecule has 0 spiro atoms. The SMILES string of the molecule is CCCCCCCCCCCCCCCCCCN(C(=O)CCCCCCCCCCC)[C@@H]1O[C@H](CO)[C@H](O)[C@H](O)[C@H]1NC(=O)CCC(=O)O. The summed E-state index contributed by atoms with van der Waals surface area (Å²) in [5.41, 5.74) is 0. The number of nitrogens with one attached hydrogen (secondary N) is 1. The average Bonchev–Trinajstić information content (AvgIpc) is 3.10. The first-order chi connectivity index (χ1) is 24.3. The second-order valence-corrected chi connectivity index (χ2v) is 14.7. The standard InChI is InChI=1S/C40H76N2O8/c1-3-5-7-9-11-13-14-15-16-17-18-19-21-23-25-27-31-42(35(45)28-26-24-22-20-12-10-8-6-4-2)40-37(41-34(44)29-30-36(46)47)39(49)38(48)33(32-43)50-40/h33,37-40,43,48-49H,3-32H2,1-2H3,(H,41,44)(H,46,47)/t33-,37-,38+,39-,40-/m1/s1. The van der Waals surface area contributed by atoms with Gasteiger partial charge in [-0.3, -0.25) is 14.4 Å². The quantitative estimate of drug-likeness (QED) is 0.0432. The molecule has 5 N–H and O–H groups in total. The van der Waals surface area contributed by atoms with Crippen molar-refractivity contribution in [3.8, 4) is 0 Å². The van der Waals surface area contributed by atoms with Gasteiger partial charge in [0.25, 0.3) is 0 Å². The fraction of sp³-hybridized carbons (Fsp3) is 0.925. The highest BCUT2D eigenvalue weighted by Gasteiger charge is 2.48. The Balaban J connectivity index is 2.66. The number of hydrogen-bond donors (Lipinski definition) is 5. The zero-order chi connectivity index (χ0) is 36.8. The number of carbonyl (C=O) groups is 3. The molecule has 0 aromatic carbocycles. The van der Waals surface area contributed by atoms with E-state index in [1.54, 1.807) is 4.90 Å². The minimum absolute atomic E-state index is 0.149. The van der Waals surface area contributed by atoms with Crippen LogP contribution in [0.2, 0.25) is 0 Å². The Hall–Kier alpha value is -1.75. The summed E-state index contributed by atoms with van der Waals surface area (Å²) in [6, 6.07) is -1.16. The molecule has 5 atom stereocenters. The maximum atomic E-state index is 13.7. The van der Waals surface area contributed by atoms with Crippen LogP contribution in [-0.4, -0.2) is 86.8 Å². The van der Waals surface area contributed by atoms with Gasteiger partial charge in [0, 0.05) is 19.4 Å². The maximum Gasteiger partial charge on any atom is 0.303 e. The lowest BCUT2D eigenvalue weighted by Crippen LogP contribution is -2.68. The van der Waals surface area contributed by atoms with Crippen LogP contribution in [0.5, 0.6) is 0 Å². The number of carboxylic acids is 1. The normalized spacial score (nSPS) is 20.5. The van der Waals surface area contributed by atoms with Gasteiger partial charge in [-0.05, 0) is 12.8 Å². The molecule has 0 saturated carbocycles. The van der Waals surface area contributed by atoms with Gasteiger partial charge in [0.15, 0.2) is 6.23 Å². The molecule has 1 heterocycles. The van der Waals surface area contributed by atoms with Crippen molar-refractivity contribution in [3.05, 3.63) is 0 Å². The largest absolute Gasteiger partial charge is 0.481 e. The van der Waals surface area contributed by atoms with E-state index in [1.807, 2.05) is 0 Å². The summed E-state index contributed by atoms with van der Waals surface area (Å²) in [6.07, 6.45) is 24.3. The molecule has 0 aliphatic carbocycles. The lowest BCUT2D eigenvalue weighted by molar-refractivity contribution is -0.231. The van der Waals surface area contributed by atoms with E-state index in [0.29, 0.717) is 13.0 Å². The van der Waals surface area contributed by atoms with E-state index in [2.05, 4.69) is 19.2 Å². The van der Waals surface area contributed by atoms with E-state index in [1.165, 1.54) is 109 Å². The number of nitrogens with zero attached hydrogens (tertiary/aromatic N) is 1. The molecular weight excluding hydrogens is 636 g/mol. The Labute approximate surface area is 304 Å². The Kier molecular flexibility index (Phi) is 28.5. The van der Waals surface area contributed by atoms with E-state index in [4.69, 9.17) is 9.84 Å². The molecule has 0 aromatic rings. The Morgan fingerprint density at radius 1 is 0.580 bits per heavy atom. The molecule has 0 radical (unpaired) electrons. The number of unbranched alkanes of at least 4 members (excludes halogenated alkanes) is 23. The van der Waals surface area contributed by atoms with E-state index in [-0.39, 0.29) is 18.7 Å². The highest BCUT2D eigenvalue weighted by atomic mass is 16.5. The van der Waals surface area contributed by atoms with Crippen LogP contribution in [0.25, 0.3) is 0 Å². The van der Waals surface area contributed by atoms with Crippen molar-refractivity contribution >= 4 is 17.8 Å². The number of hydrogen-bond acceptors (Lipinski definition) is 7. The first-order valence-electron chi connectivity index (χ1n) is 20.7. The molecule has 2 amide bonds. The molecule has 1 aliphatic heterocycles. The average molecular weight is 713 g/mol. The maximum absolute atomic E-state index is 13.7. The van der Waals surface area contributed by atoms with Gasteiger partial charge in [0.05, 0.1) is 13.0 Å². The van der Waals surface area contributed by atoms with Crippen molar-refractivity contribution in [1.29, 1.82) is 0 Å². The highest BCUT2D eigenvalue weighted by molar-refractivity contribution is 5.81. The van der Waals surface area contributed by atoms with Gasteiger partial charge in [-0.25, -0.2) is 0 Å². The summed E-state index contributed by atoms with van der Waals surface area (Å²) in [7, 11) is 0. The van der Waals surface area contributed by atoms with E-state index < -0.39 is 49.1 Å². The summed E-state index contributed by atoms with van der Waals surface area (Å²) in [4.78, 5) is 39.0. The predicted octanol–water partition coefficient (Wildman–Crippen LogP) is 7.79. The first kappa shape index (κ1) is 46.3. The molecule has 0 unspecified atom stereocenters. The van der Waals surface area contributed by atoms with Crippen LogP contribution in [0.1, 0.15) is 194 Å². The number of aliphatic carboxylic acids is 1. The highest BCUT2D eigenvalue weighted by Crippen LogP contribution is 2.26. The number of aliphatic hydroxyl groups excluding tert-OH is 3. The Morgan fingerprint density at radius 3 is 1.42 bits per heavy atom. The van der Waals surface area contributed by atoms with E-state index in [9.17, 15) is 29.7 Å². The van der Waals surface area contributed by atoms with Gasteiger partial charge in [-0.2, -0.15) is 0 Å². The number of carboxylic acid groups (broad SMARTS) is 1. The number of carbonyl (C=O) groups excluding carboxylic acids is 2. The topological polar surface area (TPSA) is 157 Å². The van der Waals surface area contributed by atoms with Crippen molar-refractivity contribution in [3.63, 3.8) is 0 Å². The molecule has 10 nitrogen and oxygen atoms in total. The minimum atomic E-state index is -1.51. The molecule has 1 saturated heterocycles. The number of ether oxygens (including phenoxy) is 1. The van der Waals surface area contributed by atoms with Crippen molar-refractivity contribution < 1.29 is 39.5 Å². The van der Waals surface area contributed by atoms with Gasteiger partial charge in [-0.1, -0.05) is 162 Å². The molecule has 0 bridgehead atoms. The summed E-state index contributed by atoms with van der Waals surface area (Å²) in [6.45, 7) is 4.27. The number of amides is 2. The van der Waals surface area contributed by atoms with Gasteiger partial charge in [-0.15, -0.1) is 0 Å². The van der Waals surface area contributed by atoms with Gasteiger partial charge < -0.3 is 35.4 Å². The van der Waals surface area contributed by atoms with Gasteiger partial charge in [0.1, 0.15) is 24.4 Å². The monoisotopic (exact) mass is 713 g/mol. The lowest BCUT2D eigenvalue weighted by Gasteiger charge is -2.47. The zero-order valence-corrected chi connectivity index (χ0v) is 32.0. The third kappa shape index (κ3) is 21.6. The van der Waals surface area contributed by atoms with Crippen molar-refractivity contribution in [2.75, 3.05) is 13.2 Å². The molecule has 1 rings (SSSR count). The van der Waals surface area contributed by atoms with Gasteiger partial charge >= 0.3 is 5.97 Å². The van der Waals surface area contributed by atoms with Crippen LogP contribution < -0.4 is 5.32 Å². The van der Waals surface area contributed by atoms with Crippen molar-refractivity contribution in [2.45, 2.75) is 224 Å². The summed E-state index contributed by atoms with van der Waals surface area (Å²) in [5.74, 6) is -1.89. The molecular formula is C40H76N2O8. The lowest BCUT2D eigenvalue weighted by atomic mass is 9.94. The van der Waals surface area contributed by atoms with E-state index >= 15 is 0 Å². The molecule has 10 heteroatoms. The smallest absolute Gasteiger partial charge is 0.303 e. The second-order valence-electron chi connectivity index (χ2n) is 14.7. The Bertz CT molecular complexity index is 859. The van der Waals surface area contributed by atoms with Crippen LogP contribution >= 0.6 is 0 Å². The zero-order valence-electron chi connectivity index (χ0n) is 32.0. The summed E-state index contributed by atoms with van der Waals surface area (Å²) < 4.78 is 6.03. The third-order valence-electron chi connectivity index (χ3n) is 10.2. The van der Waals surface area contributed by atoms with Crippen LogP contribution in [0, 0.1) is 0 Å². The van der Waals surface area contributed by atoms with Crippen LogP contribution in [0.15, 0.2) is 0 Å². The van der Waals surface area contributed by atoms with Crippen LogP contribution in [0.3, 0.4) is 0 Å². The first-order valence-corrected chi connectivity index (χ1v) is 20.7. The third-order valence-corrected chi connectivity index (χ3v) is 10.2. The fourth-order valence-electron chi connectivity index (χ4n) is 6.95. The van der Waals surface area contributed by atoms with Gasteiger partial charge in [0.2, 0.25) is 11.8 Å². The minimum Gasteiger partial charge on any atom is -0.481 e. The van der Waals surface area contributed by atoms with Crippen LogP contribution in [-0.2, 0) is 19.1 Å². The summed E-state index contributed by atoms with van der Waals surface area (Å²) >= 11 is 0. The fourth-order valence-corrected chi connectivity index (χ4v) is 6.95. The summed E-state index contributed by atoms with van der Waals surface area (Å²) in [5, 5.41) is 43.2. The molecule has 1 fully saturated rings. The van der Waals surface area contributed by atoms with E-state index in [0.717, 1.165) is 51.4 Å². The van der Waals surface area contributed by atoms with Crippen molar-refractivity contribution in [2.24, 2.45) is 0 Å². The number of aliphatic hydroxyl groups is 3. The predicted molar refractivity (Wildman–Crippen MR) is 200 cm³/mol. The number of rotatable bonds is 33. The van der Waals surface area contributed by atoms with Crippen LogP contribution in [0.4, 0.5) is 0 Å². The van der Waals surface area contributed by atoms with Crippen molar-refractivity contribution in [1.82, 2.24) is 10.2 Å². The molecule has 50 heavy (non-hydrogen) atoms. The second kappa shape index (κ2) is 30.8. The molecule has 294 valence electrons. The molecule has 0 aromatic heterocycles. The molecule has 1 aliphatic rings. The Morgan fingerprint density at radius 2 is 1.00 bits per heavy atom.